The Morgan fingerprint density at radius 2 is 1.76 bits per heavy atom. The Balaban J connectivity index is 1.61. The first-order valence-corrected chi connectivity index (χ1v) is 12.7. The van der Waals surface area contributed by atoms with E-state index in [1.54, 1.807) is 37.4 Å². The number of halogens is 1. The molecule has 0 amide bonds. The van der Waals surface area contributed by atoms with Crippen LogP contribution in [0.3, 0.4) is 0 Å². The highest BCUT2D eigenvalue weighted by molar-refractivity contribution is 7.99. The van der Waals surface area contributed by atoms with Crippen molar-refractivity contribution in [2.45, 2.75) is 30.9 Å². The summed E-state index contributed by atoms with van der Waals surface area (Å²) in [6.45, 7) is 3.94. The van der Waals surface area contributed by atoms with Gasteiger partial charge in [0.05, 0.1) is 13.7 Å². The minimum atomic E-state index is -0.573. The van der Waals surface area contributed by atoms with Gasteiger partial charge in [-0.05, 0) is 73.5 Å². The fraction of sp³-hybridized carbons (Fsp3) is 0.259. The Bertz CT molecular complexity index is 1380. The molecule has 4 rings (SSSR count). The Morgan fingerprint density at radius 3 is 2.42 bits per heavy atom. The van der Waals surface area contributed by atoms with Gasteiger partial charge in [0.25, 0.3) is 0 Å². The number of thioether (sulfide) groups is 1. The zero-order valence-electron chi connectivity index (χ0n) is 21.2. The summed E-state index contributed by atoms with van der Waals surface area (Å²) in [5.41, 5.74) is 2.30. The van der Waals surface area contributed by atoms with Crippen molar-refractivity contribution in [3.05, 3.63) is 99.6 Å². The van der Waals surface area contributed by atoms with Gasteiger partial charge in [0.1, 0.15) is 29.2 Å². The van der Waals surface area contributed by atoms with Crippen LogP contribution in [-0.4, -0.2) is 39.9 Å². The lowest BCUT2D eigenvalue weighted by Crippen LogP contribution is -2.11. The van der Waals surface area contributed by atoms with Gasteiger partial charge in [-0.25, -0.2) is 4.39 Å². The first-order chi connectivity index (χ1) is 18.4. The predicted molar refractivity (Wildman–Crippen MR) is 141 cm³/mol. The molecule has 4 aromatic rings. The van der Waals surface area contributed by atoms with E-state index in [2.05, 4.69) is 10.2 Å². The Morgan fingerprint density at radius 1 is 1.03 bits per heavy atom. The average Bonchev–Trinajstić information content (AvgIpc) is 3.28. The van der Waals surface area contributed by atoms with E-state index < -0.39 is 5.25 Å². The topological polar surface area (TPSA) is 102 Å². The lowest BCUT2D eigenvalue weighted by molar-refractivity contribution is -0.479. The number of benzene rings is 3. The summed E-state index contributed by atoms with van der Waals surface area (Å²) >= 11 is 1.25. The molecule has 9 nitrogen and oxygen atoms in total. The summed E-state index contributed by atoms with van der Waals surface area (Å²) in [7, 11) is 1.60. The molecule has 1 aromatic heterocycles. The van der Waals surface area contributed by atoms with Gasteiger partial charge >= 0.3 is 0 Å². The average molecular weight is 539 g/mol. The number of methoxy groups -OCH3 is 1. The monoisotopic (exact) mass is 538 g/mol. The number of nitrogens with zero attached hydrogens (tertiary/aromatic N) is 4. The van der Waals surface area contributed by atoms with Crippen LogP contribution in [-0.2, 0) is 6.61 Å². The summed E-state index contributed by atoms with van der Waals surface area (Å²) in [6.07, 6.45) is 0. The van der Waals surface area contributed by atoms with Crippen molar-refractivity contribution in [1.82, 2.24) is 14.8 Å². The van der Waals surface area contributed by atoms with Crippen LogP contribution in [0.25, 0.3) is 5.69 Å². The molecule has 1 atom stereocenters. The molecule has 0 fully saturated rings. The minimum Gasteiger partial charge on any atom is -0.497 e. The van der Waals surface area contributed by atoms with Crippen LogP contribution >= 0.6 is 11.8 Å². The molecule has 0 aliphatic rings. The van der Waals surface area contributed by atoms with Gasteiger partial charge in [-0.2, -0.15) is 0 Å². The van der Waals surface area contributed by atoms with E-state index in [4.69, 9.17) is 14.2 Å². The van der Waals surface area contributed by atoms with Gasteiger partial charge in [0.15, 0.2) is 16.7 Å². The summed E-state index contributed by atoms with van der Waals surface area (Å²) in [5.74, 6) is 2.00. The van der Waals surface area contributed by atoms with Crippen LogP contribution in [0.2, 0.25) is 0 Å². The van der Waals surface area contributed by atoms with Gasteiger partial charge in [-0.3, -0.25) is 14.7 Å². The van der Waals surface area contributed by atoms with Crippen LogP contribution in [0, 0.1) is 22.9 Å². The Hall–Kier alpha value is -4.12. The van der Waals surface area contributed by atoms with Crippen molar-refractivity contribution in [2.24, 2.45) is 0 Å². The van der Waals surface area contributed by atoms with Crippen molar-refractivity contribution >= 4 is 11.8 Å². The highest BCUT2D eigenvalue weighted by Gasteiger charge is 2.25. The van der Waals surface area contributed by atoms with E-state index in [0.717, 1.165) is 11.3 Å². The van der Waals surface area contributed by atoms with Gasteiger partial charge in [0.2, 0.25) is 6.54 Å². The molecule has 11 heteroatoms. The Labute approximate surface area is 223 Å². The molecular formula is C27H27FN4O5S. The largest absolute Gasteiger partial charge is 0.497 e. The number of hydrogen-bond acceptors (Lipinski definition) is 8. The highest BCUT2D eigenvalue weighted by Crippen LogP contribution is 2.40. The van der Waals surface area contributed by atoms with Gasteiger partial charge in [-0.15, -0.1) is 10.2 Å². The third-order valence-electron chi connectivity index (χ3n) is 5.64. The predicted octanol–water partition coefficient (Wildman–Crippen LogP) is 5.81. The van der Waals surface area contributed by atoms with Crippen LogP contribution in [0.4, 0.5) is 4.39 Å². The highest BCUT2D eigenvalue weighted by atomic mass is 32.2. The molecule has 3 aromatic carbocycles. The maximum absolute atomic E-state index is 13.2. The van der Waals surface area contributed by atoms with Crippen LogP contribution in [0.1, 0.15) is 29.1 Å². The van der Waals surface area contributed by atoms with Crippen molar-refractivity contribution in [1.29, 1.82) is 0 Å². The van der Waals surface area contributed by atoms with Crippen molar-refractivity contribution < 1.29 is 23.5 Å². The molecule has 0 saturated carbocycles. The maximum atomic E-state index is 13.2. The SMILES string of the molecule is CCOc1cc([C@H](C[N+](=O)[O-])Sc2nnc(C)n2-c2ccc(OC)cc2)ccc1OCc1ccc(F)cc1. The second-order valence-corrected chi connectivity index (χ2v) is 9.41. The zero-order valence-corrected chi connectivity index (χ0v) is 22.0. The molecule has 0 saturated heterocycles. The summed E-state index contributed by atoms with van der Waals surface area (Å²) in [6, 6.07) is 18.7. The number of ether oxygens (including phenoxy) is 3. The zero-order chi connectivity index (χ0) is 27.1. The first-order valence-electron chi connectivity index (χ1n) is 11.9. The quantitative estimate of drug-likeness (QED) is 0.127. The van der Waals surface area contributed by atoms with Crippen LogP contribution < -0.4 is 14.2 Å². The lowest BCUT2D eigenvalue weighted by atomic mass is 10.1. The van der Waals surface area contributed by atoms with Crippen LogP contribution in [0.15, 0.2) is 71.9 Å². The minimum absolute atomic E-state index is 0.219. The van der Waals surface area contributed by atoms with E-state index >= 15 is 0 Å². The number of rotatable bonds is 12. The fourth-order valence-corrected chi connectivity index (χ4v) is 4.94. The smallest absolute Gasteiger partial charge is 0.220 e. The number of aromatic nitrogens is 3. The van der Waals surface area contributed by atoms with E-state index in [1.807, 2.05) is 42.7 Å². The maximum Gasteiger partial charge on any atom is 0.220 e. The third kappa shape index (κ3) is 6.60. The Kier molecular flexibility index (Phi) is 8.80. The van der Waals surface area contributed by atoms with Gasteiger partial charge in [0, 0.05) is 10.6 Å². The van der Waals surface area contributed by atoms with Gasteiger partial charge in [-0.1, -0.05) is 30.0 Å². The molecule has 0 unspecified atom stereocenters. The molecule has 0 radical (unpaired) electrons. The second-order valence-electron chi connectivity index (χ2n) is 8.24. The molecule has 0 bridgehead atoms. The van der Waals surface area contributed by atoms with Crippen molar-refractivity contribution in [3.8, 4) is 22.9 Å². The number of nitro groups is 1. The molecule has 38 heavy (non-hydrogen) atoms. The lowest BCUT2D eigenvalue weighted by Gasteiger charge is -2.17. The van der Waals surface area contributed by atoms with E-state index in [1.165, 1.54) is 23.9 Å². The first kappa shape index (κ1) is 26.9. The standard InChI is InChI=1S/C27H27FN4O5S/c1-4-36-25-15-20(7-14-24(25)37-17-19-5-8-21(28)9-6-19)26(16-31(33)34)38-27-30-29-18(2)32(27)22-10-12-23(35-3)13-11-22/h5-15,26H,4,16-17H2,1-3H3/t26-/m0/s1. The molecule has 0 aliphatic carbocycles. The van der Waals surface area contributed by atoms with E-state index in [0.29, 0.717) is 40.4 Å². The van der Waals surface area contributed by atoms with E-state index in [9.17, 15) is 14.5 Å². The molecule has 198 valence electrons. The summed E-state index contributed by atoms with van der Waals surface area (Å²) in [4.78, 5) is 11.3. The van der Waals surface area contributed by atoms with Crippen molar-refractivity contribution in [2.75, 3.05) is 20.3 Å². The van der Waals surface area contributed by atoms with Crippen molar-refractivity contribution in [3.63, 3.8) is 0 Å². The van der Waals surface area contributed by atoms with Crippen LogP contribution in [0.5, 0.6) is 17.2 Å². The third-order valence-corrected chi connectivity index (χ3v) is 6.82. The van der Waals surface area contributed by atoms with Gasteiger partial charge < -0.3 is 14.2 Å². The fourth-order valence-electron chi connectivity index (χ4n) is 3.78. The molecule has 0 spiro atoms. The normalized spacial score (nSPS) is 11.7. The number of aryl methyl sites for hydroxylation is 1. The molecule has 0 N–H and O–H groups in total. The second kappa shape index (κ2) is 12.4. The number of hydrogen-bond donors (Lipinski definition) is 0. The van der Waals surface area contributed by atoms with E-state index in [-0.39, 0.29) is 23.9 Å². The summed E-state index contributed by atoms with van der Waals surface area (Å²) < 4.78 is 32.0. The molecule has 0 aliphatic heterocycles. The molecule has 1 heterocycles. The summed E-state index contributed by atoms with van der Waals surface area (Å²) in [5, 5.41) is 20.1. The molecular weight excluding hydrogens is 511 g/mol.